The summed E-state index contributed by atoms with van der Waals surface area (Å²) in [6, 6.07) is 11.5. The fourth-order valence-electron chi connectivity index (χ4n) is 1.26. The number of aromatic nitrogens is 1. The van der Waals surface area contributed by atoms with Gasteiger partial charge in [0.25, 0.3) is 0 Å². The van der Waals surface area contributed by atoms with Crippen molar-refractivity contribution in [2.45, 2.75) is 5.88 Å². The lowest BCUT2D eigenvalue weighted by Gasteiger charge is -2.06. The number of benzene rings is 1. The summed E-state index contributed by atoms with van der Waals surface area (Å²) in [5.41, 5.74) is 0.810. The molecule has 2 nitrogen and oxygen atoms in total. The highest BCUT2D eigenvalue weighted by Crippen LogP contribution is 2.23. The Kier molecular flexibility index (Phi) is 4.01. The molecule has 4 heteroatoms. The van der Waals surface area contributed by atoms with E-state index in [0.717, 1.165) is 20.8 Å². The Hall–Kier alpha value is -0.810. The molecule has 1 heterocycles. The highest BCUT2D eigenvalue weighted by molar-refractivity contribution is 14.1. The maximum absolute atomic E-state index is 5.71. The number of halogens is 2. The number of hydrogen-bond acceptors (Lipinski definition) is 2. The van der Waals surface area contributed by atoms with E-state index in [1.165, 1.54) is 0 Å². The molecule has 0 atom stereocenters. The molecule has 0 saturated heterocycles. The van der Waals surface area contributed by atoms with Crippen molar-refractivity contribution in [3.63, 3.8) is 0 Å². The van der Waals surface area contributed by atoms with E-state index in [2.05, 4.69) is 27.6 Å². The third-order valence-electron chi connectivity index (χ3n) is 1.96. The van der Waals surface area contributed by atoms with Crippen molar-refractivity contribution < 1.29 is 4.74 Å². The monoisotopic (exact) mass is 345 g/mol. The van der Waals surface area contributed by atoms with Crippen molar-refractivity contribution in [3.8, 4) is 11.5 Å². The molecule has 1 aromatic carbocycles. The van der Waals surface area contributed by atoms with E-state index in [4.69, 9.17) is 16.3 Å². The van der Waals surface area contributed by atoms with Crippen LogP contribution < -0.4 is 4.74 Å². The number of rotatable bonds is 3. The zero-order chi connectivity index (χ0) is 11.4. The summed E-state index contributed by atoms with van der Waals surface area (Å²) in [5.74, 6) is 1.97. The summed E-state index contributed by atoms with van der Waals surface area (Å²) in [4.78, 5) is 4.10. The van der Waals surface area contributed by atoms with Crippen LogP contribution in [0.2, 0.25) is 0 Å². The summed E-state index contributed by atoms with van der Waals surface area (Å²) in [7, 11) is 0. The summed E-state index contributed by atoms with van der Waals surface area (Å²) in [6.07, 6.45) is 1.70. The minimum absolute atomic E-state index is 0.392. The molecule has 0 amide bonds. The summed E-state index contributed by atoms with van der Waals surface area (Å²) >= 11 is 7.96. The molecule has 0 unspecified atom stereocenters. The molecule has 0 aliphatic heterocycles. The molecule has 82 valence electrons. The molecule has 0 bridgehead atoms. The van der Waals surface area contributed by atoms with Crippen LogP contribution in [0.25, 0.3) is 0 Å². The fraction of sp³-hybridized carbons (Fsp3) is 0.0833. The first kappa shape index (κ1) is 11.7. The SMILES string of the molecule is ClCc1cc(Oc2cccc(I)c2)ccn1. The molecular weight excluding hydrogens is 336 g/mol. The van der Waals surface area contributed by atoms with Crippen LogP contribution >= 0.6 is 34.2 Å². The maximum Gasteiger partial charge on any atom is 0.130 e. The van der Waals surface area contributed by atoms with Crippen molar-refractivity contribution in [1.82, 2.24) is 4.98 Å². The van der Waals surface area contributed by atoms with Crippen molar-refractivity contribution in [1.29, 1.82) is 0 Å². The van der Waals surface area contributed by atoms with Gasteiger partial charge in [0, 0.05) is 15.8 Å². The van der Waals surface area contributed by atoms with Crippen LogP contribution in [0.1, 0.15) is 5.69 Å². The van der Waals surface area contributed by atoms with Crippen molar-refractivity contribution >= 4 is 34.2 Å². The van der Waals surface area contributed by atoms with Gasteiger partial charge < -0.3 is 4.74 Å². The average molecular weight is 346 g/mol. The second-order valence-electron chi connectivity index (χ2n) is 3.18. The largest absolute Gasteiger partial charge is 0.457 e. The smallest absolute Gasteiger partial charge is 0.130 e. The minimum atomic E-state index is 0.392. The van der Waals surface area contributed by atoms with Gasteiger partial charge in [0.05, 0.1) is 11.6 Å². The number of ether oxygens (including phenoxy) is 1. The molecule has 0 radical (unpaired) electrons. The first-order valence-corrected chi connectivity index (χ1v) is 6.33. The maximum atomic E-state index is 5.71. The fourth-order valence-corrected chi connectivity index (χ4v) is 1.92. The van der Waals surface area contributed by atoms with E-state index in [1.807, 2.05) is 36.4 Å². The summed E-state index contributed by atoms with van der Waals surface area (Å²) < 4.78 is 6.84. The Morgan fingerprint density at radius 1 is 1.19 bits per heavy atom. The molecule has 0 aliphatic rings. The second kappa shape index (κ2) is 5.50. The summed E-state index contributed by atoms with van der Waals surface area (Å²) in [6.45, 7) is 0. The quantitative estimate of drug-likeness (QED) is 0.614. The van der Waals surface area contributed by atoms with Crippen LogP contribution in [0.4, 0.5) is 0 Å². The van der Waals surface area contributed by atoms with Gasteiger partial charge in [0.2, 0.25) is 0 Å². The number of hydrogen-bond donors (Lipinski definition) is 0. The van der Waals surface area contributed by atoms with Gasteiger partial charge in [-0.3, -0.25) is 4.98 Å². The van der Waals surface area contributed by atoms with Crippen LogP contribution in [0.3, 0.4) is 0 Å². The predicted octanol–water partition coefficient (Wildman–Crippen LogP) is 4.22. The Labute approximate surface area is 113 Å². The molecule has 1 aromatic heterocycles. The van der Waals surface area contributed by atoms with Crippen molar-refractivity contribution in [3.05, 3.63) is 51.9 Å². The highest BCUT2D eigenvalue weighted by Gasteiger charge is 1.99. The first-order chi connectivity index (χ1) is 7.78. The zero-order valence-corrected chi connectivity index (χ0v) is 11.3. The van der Waals surface area contributed by atoms with Gasteiger partial charge in [-0.2, -0.15) is 0 Å². The second-order valence-corrected chi connectivity index (χ2v) is 4.69. The molecule has 0 saturated carbocycles. The molecular formula is C12H9ClINO. The minimum Gasteiger partial charge on any atom is -0.457 e. The van der Waals surface area contributed by atoms with Crippen molar-refractivity contribution in [2.24, 2.45) is 0 Å². The van der Waals surface area contributed by atoms with E-state index < -0.39 is 0 Å². The Balaban J connectivity index is 2.20. The molecule has 0 fully saturated rings. The molecule has 0 aliphatic carbocycles. The first-order valence-electron chi connectivity index (χ1n) is 4.72. The predicted molar refractivity (Wildman–Crippen MR) is 73.0 cm³/mol. The Morgan fingerprint density at radius 2 is 2.00 bits per heavy atom. The van der Waals surface area contributed by atoms with Gasteiger partial charge >= 0.3 is 0 Å². The van der Waals surface area contributed by atoms with Crippen LogP contribution in [0.15, 0.2) is 42.6 Å². The molecule has 2 aromatic rings. The highest BCUT2D eigenvalue weighted by atomic mass is 127. The lowest BCUT2D eigenvalue weighted by Crippen LogP contribution is -1.88. The van der Waals surface area contributed by atoms with E-state index >= 15 is 0 Å². The zero-order valence-electron chi connectivity index (χ0n) is 8.36. The standard InChI is InChI=1S/C12H9ClINO/c13-8-10-7-12(4-5-15-10)16-11-3-1-2-9(14)6-11/h1-7H,8H2. The number of pyridine rings is 1. The van der Waals surface area contributed by atoms with Gasteiger partial charge in [-0.15, -0.1) is 11.6 Å². The van der Waals surface area contributed by atoms with Gasteiger partial charge in [-0.05, 0) is 46.9 Å². The van der Waals surface area contributed by atoms with Gasteiger partial charge in [0.15, 0.2) is 0 Å². The molecule has 0 N–H and O–H groups in total. The van der Waals surface area contributed by atoms with Crippen LogP contribution in [0.5, 0.6) is 11.5 Å². The van der Waals surface area contributed by atoms with E-state index in [9.17, 15) is 0 Å². The average Bonchev–Trinajstić information content (AvgIpc) is 2.29. The van der Waals surface area contributed by atoms with E-state index in [-0.39, 0.29) is 0 Å². The normalized spacial score (nSPS) is 10.1. The Bertz CT molecular complexity index is 490. The third-order valence-corrected chi connectivity index (χ3v) is 2.90. The molecule has 16 heavy (non-hydrogen) atoms. The van der Waals surface area contributed by atoms with Gasteiger partial charge in [-0.25, -0.2) is 0 Å². The van der Waals surface area contributed by atoms with Crippen LogP contribution in [-0.2, 0) is 5.88 Å². The lowest BCUT2D eigenvalue weighted by atomic mass is 10.3. The van der Waals surface area contributed by atoms with Gasteiger partial charge in [-0.1, -0.05) is 6.07 Å². The van der Waals surface area contributed by atoms with Gasteiger partial charge in [0.1, 0.15) is 11.5 Å². The molecule has 2 rings (SSSR count). The topological polar surface area (TPSA) is 22.1 Å². The lowest BCUT2D eigenvalue weighted by molar-refractivity contribution is 0.481. The van der Waals surface area contributed by atoms with E-state index in [1.54, 1.807) is 6.20 Å². The number of alkyl halides is 1. The molecule has 0 spiro atoms. The third kappa shape index (κ3) is 3.09. The van der Waals surface area contributed by atoms with Crippen molar-refractivity contribution in [2.75, 3.05) is 0 Å². The van der Waals surface area contributed by atoms with Crippen LogP contribution in [0, 0.1) is 3.57 Å². The number of nitrogens with zero attached hydrogens (tertiary/aromatic N) is 1. The Morgan fingerprint density at radius 3 is 2.75 bits per heavy atom. The van der Waals surface area contributed by atoms with Crippen LogP contribution in [-0.4, -0.2) is 4.98 Å². The summed E-state index contributed by atoms with van der Waals surface area (Å²) in [5, 5.41) is 0. The van der Waals surface area contributed by atoms with E-state index in [0.29, 0.717) is 5.88 Å².